The maximum absolute atomic E-state index is 10.9. The first kappa shape index (κ1) is 14.1. The molecule has 7 heteroatoms. The summed E-state index contributed by atoms with van der Waals surface area (Å²) in [4.78, 5) is 10.5. The zero-order valence-corrected chi connectivity index (χ0v) is 12.7. The average Bonchev–Trinajstić information content (AvgIpc) is 3.24. The second-order valence-electron chi connectivity index (χ2n) is 5.24. The number of nitro benzene ring substituents is 1. The van der Waals surface area contributed by atoms with E-state index in [1.54, 1.807) is 23.9 Å². The Morgan fingerprint density at radius 1 is 1.43 bits per heavy atom. The van der Waals surface area contributed by atoms with Gasteiger partial charge in [-0.1, -0.05) is 23.9 Å². The molecule has 2 aromatic rings. The summed E-state index contributed by atoms with van der Waals surface area (Å²) >= 11 is 1.60. The predicted octanol–water partition coefficient (Wildman–Crippen LogP) is 3.68. The van der Waals surface area contributed by atoms with Gasteiger partial charge < -0.3 is 4.57 Å². The van der Waals surface area contributed by atoms with E-state index in [9.17, 15) is 10.1 Å². The molecule has 0 aliphatic heterocycles. The molecule has 0 N–H and O–H groups in total. The lowest BCUT2D eigenvalue weighted by molar-refractivity contribution is -0.384. The van der Waals surface area contributed by atoms with E-state index in [-0.39, 0.29) is 15.9 Å². The van der Waals surface area contributed by atoms with E-state index in [0.29, 0.717) is 6.04 Å². The summed E-state index contributed by atoms with van der Waals surface area (Å²) in [5.41, 5.74) is 1.05. The Hall–Kier alpha value is -1.89. The molecule has 6 nitrogen and oxygen atoms in total. The van der Waals surface area contributed by atoms with Gasteiger partial charge in [0.15, 0.2) is 5.16 Å². The van der Waals surface area contributed by atoms with Crippen LogP contribution < -0.4 is 0 Å². The van der Waals surface area contributed by atoms with Gasteiger partial charge in [0.25, 0.3) is 5.69 Å². The molecule has 0 saturated heterocycles. The first-order valence-electron chi connectivity index (χ1n) is 6.89. The molecular weight excluding hydrogens is 288 g/mol. The maximum atomic E-state index is 10.9. The largest absolute Gasteiger partial charge is 0.303 e. The van der Waals surface area contributed by atoms with Gasteiger partial charge in [0.2, 0.25) is 0 Å². The monoisotopic (exact) mass is 304 g/mol. The van der Waals surface area contributed by atoms with Gasteiger partial charge in [-0.25, -0.2) is 0 Å². The second-order valence-corrected chi connectivity index (χ2v) is 6.55. The highest BCUT2D eigenvalue weighted by atomic mass is 32.2. The Kier molecular flexibility index (Phi) is 3.67. The van der Waals surface area contributed by atoms with E-state index in [4.69, 9.17) is 0 Å². The van der Waals surface area contributed by atoms with Crippen molar-refractivity contribution in [3.63, 3.8) is 0 Å². The van der Waals surface area contributed by atoms with Crippen LogP contribution in [0.3, 0.4) is 0 Å². The van der Waals surface area contributed by atoms with Crippen LogP contribution in [0.15, 0.2) is 29.4 Å². The number of benzene rings is 1. The standard InChI is InChI=1S/C14H16N4O2S/c1-9(11-4-3-5-13(8-11)18(19)20)21-14-16-15-10(2)17(14)12-6-7-12/h3-5,8-9,12H,6-7H2,1-2H3/t9-/m0/s1. The normalized spacial score (nSPS) is 15.9. The molecule has 0 spiro atoms. The van der Waals surface area contributed by atoms with E-state index in [1.165, 1.54) is 18.9 Å². The highest BCUT2D eigenvalue weighted by Crippen LogP contribution is 2.42. The molecule has 1 aromatic carbocycles. The van der Waals surface area contributed by atoms with Crippen molar-refractivity contribution in [1.29, 1.82) is 0 Å². The number of nitro groups is 1. The molecule has 1 fully saturated rings. The van der Waals surface area contributed by atoms with Gasteiger partial charge in [-0.3, -0.25) is 10.1 Å². The van der Waals surface area contributed by atoms with Crippen LogP contribution in [0.2, 0.25) is 0 Å². The number of hydrogen-bond donors (Lipinski definition) is 0. The molecule has 1 aliphatic carbocycles. The van der Waals surface area contributed by atoms with E-state index >= 15 is 0 Å². The number of aromatic nitrogens is 3. The van der Waals surface area contributed by atoms with Crippen LogP contribution in [0.25, 0.3) is 0 Å². The number of hydrogen-bond acceptors (Lipinski definition) is 5. The van der Waals surface area contributed by atoms with Gasteiger partial charge in [-0.2, -0.15) is 0 Å². The third-order valence-corrected chi connectivity index (χ3v) is 4.69. The molecule has 0 bridgehead atoms. The summed E-state index contributed by atoms with van der Waals surface area (Å²) in [6.07, 6.45) is 2.36. The van der Waals surface area contributed by atoms with Gasteiger partial charge >= 0.3 is 0 Å². The molecule has 3 rings (SSSR count). The molecule has 0 radical (unpaired) electrons. The Morgan fingerprint density at radius 3 is 2.86 bits per heavy atom. The fourth-order valence-electron chi connectivity index (χ4n) is 2.30. The third kappa shape index (κ3) is 2.92. The quantitative estimate of drug-likeness (QED) is 0.478. The minimum Gasteiger partial charge on any atom is -0.303 e. The minimum atomic E-state index is -0.363. The summed E-state index contributed by atoms with van der Waals surface area (Å²) in [5.74, 6) is 0.936. The zero-order valence-electron chi connectivity index (χ0n) is 11.9. The highest BCUT2D eigenvalue weighted by Gasteiger charge is 2.29. The van der Waals surface area contributed by atoms with Crippen LogP contribution in [0.4, 0.5) is 5.69 Å². The van der Waals surface area contributed by atoms with Gasteiger partial charge in [0, 0.05) is 23.4 Å². The molecule has 0 amide bonds. The van der Waals surface area contributed by atoms with Crippen LogP contribution in [-0.2, 0) is 0 Å². The van der Waals surface area contributed by atoms with E-state index < -0.39 is 0 Å². The van der Waals surface area contributed by atoms with E-state index in [1.807, 2.05) is 19.9 Å². The van der Waals surface area contributed by atoms with E-state index in [0.717, 1.165) is 16.5 Å². The Labute approximate surface area is 126 Å². The number of non-ortho nitro benzene ring substituents is 1. The lowest BCUT2D eigenvalue weighted by Crippen LogP contribution is -2.00. The molecule has 1 saturated carbocycles. The first-order chi connectivity index (χ1) is 10.1. The number of aryl methyl sites for hydroxylation is 1. The molecule has 1 aromatic heterocycles. The van der Waals surface area contributed by atoms with Crippen molar-refractivity contribution in [3.8, 4) is 0 Å². The third-order valence-electron chi connectivity index (χ3n) is 3.58. The van der Waals surface area contributed by atoms with Gasteiger partial charge in [-0.15, -0.1) is 10.2 Å². The summed E-state index contributed by atoms with van der Waals surface area (Å²) in [6, 6.07) is 7.30. The molecule has 21 heavy (non-hydrogen) atoms. The molecule has 1 aliphatic rings. The molecular formula is C14H16N4O2S. The minimum absolute atomic E-state index is 0.0889. The van der Waals surface area contributed by atoms with Crippen LogP contribution in [0.1, 0.15) is 42.4 Å². The molecule has 110 valence electrons. The number of nitrogens with zero attached hydrogens (tertiary/aromatic N) is 4. The van der Waals surface area contributed by atoms with Crippen molar-refractivity contribution >= 4 is 17.4 Å². The van der Waals surface area contributed by atoms with Crippen molar-refractivity contribution in [2.45, 2.75) is 43.1 Å². The van der Waals surface area contributed by atoms with Crippen molar-refractivity contribution in [1.82, 2.24) is 14.8 Å². The van der Waals surface area contributed by atoms with Crippen molar-refractivity contribution in [2.24, 2.45) is 0 Å². The Balaban J connectivity index is 1.81. The topological polar surface area (TPSA) is 73.8 Å². The average molecular weight is 304 g/mol. The molecule has 1 atom stereocenters. The van der Waals surface area contributed by atoms with Crippen LogP contribution in [0, 0.1) is 17.0 Å². The van der Waals surface area contributed by atoms with Gasteiger partial charge in [-0.05, 0) is 32.3 Å². The van der Waals surface area contributed by atoms with Crippen molar-refractivity contribution < 1.29 is 4.92 Å². The lowest BCUT2D eigenvalue weighted by Gasteiger charge is -2.12. The van der Waals surface area contributed by atoms with E-state index in [2.05, 4.69) is 14.8 Å². The SMILES string of the molecule is Cc1nnc(S[C@@H](C)c2cccc([N+](=O)[O-])c2)n1C1CC1. The number of thioether (sulfide) groups is 1. The van der Waals surface area contributed by atoms with Crippen LogP contribution >= 0.6 is 11.8 Å². The number of rotatable bonds is 5. The summed E-state index contributed by atoms with van der Waals surface area (Å²) in [7, 11) is 0. The van der Waals surface area contributed by atoms with Crippen molar-refractivity contribution in [2.75, 3.05) is 0 Å². The van der Waals surface area contributed by atoms with Crippen molar-refractivity contribution in [3.05, 3.63) is 45.8 Å². The van der Waals surface area contributed by atoms with Crippen LogP contribution in [0.5, 0.6) is 0 Å². The molecule has 1 heterocycles. The smallest absolute Gasteiger partial charge is 0.269 e. The van der Waals surface area contributed by atoms with Crippen LogP contribution in [-0.4, -0.2) is 19.7 Å². The summed E-state index contributed by atoms with van der Waals surface area (Å²) < 4.78 is 2.18. The Bertz CT molecular complexity index is 681. The fourth-order valence-corrected chi connectivity index (χ4v) is 3.38. The summed E-state index contributed by atoms with van der Waals surface area (Å²) in [5, 5.41) is 20.2. The fraction of sp³-hybridized carbons (Fsp3) is 0.429. The Morgan fingerprint density at radius 2 is 2.19 bits per heavy atom. The van der Waals surface area contributed by atoms with Gasteiger partial charge in [0.05, 0.1) is 4.92 Å². The second kappa shape index (κ2) is 5.48. The summed E-state index contributed by atoms with van der Waals surface area (Å²) in [6.45, 7) is 4.00. The first-order valence-corrected chi connectivity index (χ1v) is 7.76. The lowest BCUT2D eigenvalue weighted by atomic mass is 10.1. The maximum Gasteiger partial charge on any atom is 0.269 e. The zero-order chi connectivity index (χ0) is 15.0. The highest BCUT2D eigenvalue weighted by molar-refractivity contribution is 7.99. The molecule has 0 unspecified atom stereocenters. The van der Waals surface area contributed by atoms with Gasteiger partial charge in [0.1, 0.15) is 5.82 Å². The predicted molar refractivity (Wildman–Crippen MR) is 80.4 cm³/mol.